The summed E-state index contributed by atoms with van der Waals surface area (Å²) in [6.45, 7) is 2.68. The van der Waals surface area contributed by atoms with E-state index < -0.39 is 17.8 Å². The van der Waals surface area contributed by atoms with Crippen molar-refractivity contribution in [2.45, 2.75) is 38.1 Å². The fourth-order valence-corrected chi connectivity index (χ4v) is 2.86. The third-order valence-electron chi connectivity index (χ3n) is 3.89. The van der Waals surface area contributed by atoms with E-state index in [1.165, 1.54) is 6.07 Å². The number of carbonyl (C=O) groups excluding carboxylic acids is 1. The number of β-amino-alcohol motifs (C(OH)–C–C–N with tert-alkyl or cyclic N) is 1. The highest BCUT2D eigenvalue weighted by atomic mass is 19.4. The van der Waals surface area contributed by atoms with Gasteiger partial charge in [0.05, 0.1) is 24.7 Å². The Morgan fingerprint density at radius 2 is 2.17 bits per heavy atom. The number of hydrogen-bond donors (Lipinski definition) is 1. The van der Waals surface area contributed by atoms with Crippen molar-refractivity contribution in [1.29, 1.82) is 0 Å². The molecule has 0 saturated carbocycles. The van der Waals surface area contributed by atoms with E-state index in [9.17, 15) is 23.1 Å². The highest BCUT2D eigenvalue weighted by molar-refractivity contribution is 5.69. The molecule has 1 aromatic carbocycles. The van der Waals surface area contributed by atoms with E-state index in [0.717, 1.165) is 12.1 Å². The van der Waals surface area contributed by atoms with Crippen LogP contribution in [0.3, 0.4) is 0 Å². The Hall–Kier alpha value is -1.60. The Kier molecular flexibility index (Phi) is 5.64. The summed E-state index contributed by atoms with van der Waals surface area (Å²) in [5.41, 5.74) is -0.207. The molecule has 1 aliphatic heterocycles. The second-order valence-corrected chi connectivity index (χ2v) is 5.58. The van der Waals surface area contributed by atoms with E-state index in [2.05, 4.69) is 0 Å². The molecule has 2 atom stereocenters. The number of aliphatic hydroxyl groups is 1. The monoisotopic (exact) mass is 331 g/mol. The Morgan fingerprint density at radius 3 is 2.83 bits per heavy atom. The van der Waals surface area contributed by atoms with Crippen LogP contribution in [0.2, 0.25) is 0 Å². The zero-order valence-corrected chi connectivity index (χ0v) is 12.8. The molecule has 0 bridgehead atoms. The molecule has 1 aromatic rings. The van der Waals surface area contributed by atoms with E-state index in [4.69, 9.17) is 4.74 Å². The first kappa shape index (κ1) is 17.7. The van der Waals surface area contributed by atoms with Crippen molar-refractivity contribution in [2.75, 3.05) is 19.7 Å². The molecule has 1 N–H and O–H groups in total. The zero-order chi connectivity index (χ0) is 17.0. The van der Waals surface area contributed by atoms with Crippen LogP contribution in [0.4, 0.5) is 13.2 Å². The average Bonchev–Trinajstić information content (AvgIpc) is 2.86. The summed E-state index contributed by atoms with van der Waals surface area (Å²) in [6, 6.07) is 4.79. The molecular weight excluding hydrogens is 311 g/mol. The van der Waals surface area contributed by atoms with Crippen LogP contribution in [0.15, 0.2) is 24.3 Å². The van der Waals surface area contributed by atoms with Gasteiger partial charge < -0.3 is 9.84 Å². The number of carbonyl (C=O) groups is 1. The van der Waals surface area contributed by atoms with Crippen LogP contribution >= 0.6 is 0 Å². The predicted molar refractivity (Wildman–Crippen MR) is 77.6 cm³/mol. The Bertz CT molecular complexity index is 548. The molecule has 1 fully saturated rings. The SMILES string of the molecule is CCOC(=O)CCN1CC(O)CC1c1cccc(C(F)(F)F)c1. The Balaban J connectivity index is 2.11. The Morgan fingerprint density at radius 1 is 1.43 bits per heavy atom. The van der Waals surface area contributed by atoms with Crippen LogP contribution in [0.1, 0.15) is 36.9 Å². The number of aliphatic hydroxyl groups excluding tert-OH is 1. The molecule has 2 rings (SSSR count). The second-order valence-electron chi connectivity index (χ2n) is 5.58. The highest BCUT2D eigenvalue weighted by Crippen LogP contribution is 2.36. The van der Waals surface area contributed by atoms with Gasteiger partial charge in [-0.2, -0.15) is 13.2 Å². The summed E-state index contributed by atoms with van der Waals surface area (Å²) < 4.78 is 43.4. The smallest absolute Gasteiger partial charge is 0.416 e. The van der Waals surface area contributed by atoms with Gasteiger partial charge in [-0.3, -0.25) is 9.69 Å². The number of alkyl halides is 3. The first-order valence-electron chi connectivity index (χ1n) is 7.56. The molecule has 0 amide bonds. The van der Waals surface area contributed by atoms with E-state index >= 15 is 0 Å². The first-order chi connectivity index (χ1) is 10.8. The van der Waals surface area contributed by atoms with Gasteiger partial charge >= 0.3 is 12.1 Å². The summed E-state index contributed by atoms with van der Waals surface area (Å²) >= 11 is 0. The van der Waals surface area contributed by atoms with Crippen LogP contribution in [0.5, 0.6) is 0 Å². The lowest BCUT2D eigenvalue weighted by Crippen LogP contribution is -2.28. The number of likely N-dealkylation sites (tertiary alicyclic amines) is 1. The largest absolute Gasteiger partial charge is 0.466 e. The van der Waals surface area contributed by atoms with Gasteiger partial charge in [0.15, 0.2) is 0 Å². The van der Waals surface area contributed by atoms with E-state index in [1.54, 1.807) is 13.0 Å². The normalized spacial score (nSPS) is 22.3. The fraction of sp³-hybridized carbons (Fsp3) is 0.562. The maximum atomic E-state index is 12.8. The number of rotatable bonds is 5. The highest BCUT2D eigenvalue weighted by Gasteiger charge is 2.35. The molecule has 0 aliphatic carbocycles. The van der Waals surface area contributed by atoms with Crippen molar-refractivity contribution in [3.63, 3.8) is 0 Å². The molecular formula is C16H20F3NO3. The van der Waals surface area contributed by atoms with Crippen LogP contribution in [0, 0.1) is 0 Å². The van der Waals surface area contributed by atoms with Crippen LogP contribution < -0.4 is 0 Å². The van der Waals surface area contributed by atoms with Crippen molar-refractivity contribution in [2.24, 2.45) is 0 Å². The number of ether oxygens (including phenoxy) is 1. The van der Waals surface area contributed by atoms with Gasteiger partial charge in [-0.25, -0.2) is 0 Å². The molecule has 7 heteroatoms. The third-order valence-corrected chi connectivity index (χ3v) is 3.89. The van der Waals surface area contributed by atoms with Crippen LogP contribution in [-0.4, -0.2) is 41.8 Å². The average molecular weight is 331 g/mol. The minimum absolute atomic E-state index is 0.149. The van der Waals surface area contributed by atoms with Crippen LogP contribution in [-0.2, 0) is 15.7 Å². The summed E-state index contributed by atoms with van der Waals surface area (Å²) in [5.74, 6) is -0.350. The minimum atomic E-state index is -4.40. The summed E-state index contributed by atoms with van der Waals surface area (Å²) in [7, 11) is 0. The fourth-order valence-electron chi connectivity index (χ4n) is 2.86. The third kappa shape index (κ3) is 4.68. The number of hydrogen-bond acceptors (Lipinski definition) is 4. The van der Waals surface area contributed by atoms with E-state index in [1.807, 2.05) is 4.90 Å². The molecule has 0 aromatic heterocycles. The number of benzene rings is 1. The van der Waals surface area contributed by atoms with Crippen molar-refractivity contribution in [1.82, 2.24) is 4.90 Å². The van der Waals surface area contributed by atoms with E-state index in [0.29, 0.717) is 31.7 Å². The predicted octanol–water partition coefficient (Wildman–Crippen LogP) is 2.77. The van der Waals surface area contributed by atoms with Gasteiger partial charge in [0.1, 0.15) is 0 Å². The maximum Gasteiger partial charge on any atom is 0.416 e. The number of esters is 1. The van der Waals surface area contributed by atoms with Crippen molar-refractivity contribution >= 4 is 5.97 Å². The van der Waals surface area contributed by atoms with Gasteiger partial charge in [0.2, 0.25) is 0 Å². The maximum absolute atomic E-state index is 12.8. The lowest BCUT2D eigenvalue weighted by atomic mass is 10.0. The van der Waals surface area contributed by atoms with Crippen LogP contribution in [0.25, 0.3) is 0 Å². The quantitative estimate of drug-likeness (QED) is 0.843. The molecule has 128 valence electrons. The summed E-state index contributed by atoms with van der Waals surface area (Å²) in [5, 5.41) is 9.85. The Labute approximate surface area is 132 Å². The molecule has 1 heterocycles. The van der Waals surface area contributed by atoms with Gasteiger partial charge in [0, 0.05) is 19.1 Å². The van der Waals surface area contributed by atoms with Crippen molar-refractivity contribution in [3.05, 3.63) is 35.4 Å². The molecule has 23 heavy (non-hydrogen) atoms. The molecule has 1 saturated heterocycles. The van der Waals surface area contributed by atoms with Gasteiger partial charge in [-0.1, -0.05) is 12.1 Å². The lowest BCUT2D eigenvalue weighted by Gasteiger charge is -2.24. The molecule has 0 radical (unpaired) electrons. The molecule has 1 aliphatic rings. The van der Waals surface area contributed by atoms with E-state index in [-0.39, 0.29) is 18.4 Å². The molecule has 4 nitrogen and oxygen atoms in total. The number of nitrogens with zero attached hydrogens (tertiary/aromatic N) is 1. The summed E-state index contributed by atoms with van der Waals surface area (Å²) in [6.07, 6.45) is -4.51. The minimum Gasteiger partial charge on any atom is -0.466 e. The topological polar surface area (TPSA) is 49.8 Å². The van der Waals surface area contributed by atoms with Gasteiger partial charge in [0.25, 0.3) is 0 Å². The number of halogens is 3. The van der Waals surface area contributed by atoms with Crippen molar-refractivity contribution in [3.8, 4) is 0 Å². The zero-order valence-electron chi connectivity index (χ0n) is 12.8. The lowest BCUT2D eigenvalue weighted by molar-refractivity contribution is -0.143. The standard InChI is InChI=1S/C16H20F3NO3/c1-2-23-15(22)6-7-20-10-13(21)9-14(20)11-4-3-5-12(8-11)16(17,18)19/h3-5,8,13-14,21H,2,6-7,9-10H2,1H3. The van der Waals surface area contributed by atoms with Gasteiger partial charge in [-0.15, -0.1) is 0 Å². The first-order valence-corrected chi connectivity index (χ1v) is 7.56. The second kappa shape index (κ2) is 7.31. The molecule has 2 unspecified atom stereocenters. The van der Waals surface area contributed by atoms with Gasteiger partial charge in [-0.05, 0) is 31.0 Å². The van der Waals surface area contributed by atoms with Crippen molar-refractivity contribution < 1.29 is 27.8 Å². The summed E-state index contributed by atoms with van der Waals surface area (Å²) in [4.78, 5) is 13.3. The molecule has 0 spiro atoms.